The Kier molecular flexibility index (Phi) is 3.34. The number of pyridine rings is 1. The van der Waals surface area contributed by atoms with E-state index >= 15 is 0 Å². The summed E-state index contributed by atoms with van der Waals surface area (Å²) in [6.07, 6.45) is 3.34. The average molecular weight is 249 g/mol. The quantitative estimate of drug-likeness (QED) is 0.868. The van der Waals surface area contributed by atoms with E-state index in [0.717, 1.165) is 4.88 Å². The highest BCUT2D eigenvalue weighted by Crippen LogP contribution is 2.18. The zero-order chi connectivity index (χ0) is 12.3. The van der Waals surface area contributed by atoms with Crippen molar-refractivity contribution in [2.24, 2.45) is 0 Å². The molecule has 0 aromatic carbocycles. The number of aromatic nitrogens is 2. The molecule has 0 bridgehead atoms. The van der Waals surface area contributed by atoms with Crippen LogP contribution in [-0.4, -0.2) is 21.0 Å². The van der Waals surface area contributed by atoms with E-state index in [1.165, 1.54) is 11.3 Å². The number of carboxylic acids is 1. The highest BCUT2D eigenvalue weighted by Gasteiger charge is 2.13. The average Bonchev–Trinajstić information content (AvgIpc) is 2.78. The van der Waals surface area contributed by atoms with Gasteiger partial charge in [0.15, 0.2) is 0 Å². The molecule has 0 fully saturated rings. The maximum Gasteiger partial charge on any atom is 0.339 e. The van der Waals surface area contributed by atoms with E-state index in [9.17, 15) is 4.79 Å². The third-order valence-corrected chi connectivity index (χ3v) is 3.07. The standard InChI is InChI=1S/C11H11N3O2S/c1-7-2-3-13-10(9(7)11(15)16)14-5-8-4-12-6-17-8/h2-4,6H,5H2,1H3,(H,13,14)(H,15,16). The highest BCUT2D eigenvalue weighted by atomic mass is 32.1. The van der Waals surface area contributed by atoms with Gasteiger partial charge in [0, 0.05) is 17.3 Å². The van der Waals surface area contributed by atoms with Gasteiger partial charge in [-0.15, -0.1) is 11.3 Å². The van der Waals surface area contributed by atoms with Crippen molar-refractivity contribution < 1.29 is 9.90 Å². The van der Waals surface area contributed by atoms with Crippen molar-refractivity contribution in [3.05, 3.63) is 40.0 Å². The molecule has 2 heterocycles. The molecule has 2 aromatic rings. The van der Waals surface area contributed by atoms with Gasteiger partial charge in [-0.05, 0) is 18.6 Å². The van der Waals surface area contributed by atoms with Crippen molar-refractivity contribution in [1.29, 1.82) is 0 Å². The second-order valence-electron chi connectivity index (χ2n) is 3.48. The van der Waals surface area contributed by atoms with Crippen molar-refractivity contribution in [1.82, 2.24) is 9.97 Å². The van der Waals surface area contributed by atoms with E-state index in [0.29, 0.717) is 17.9 Å². The van der Waals surface area contributed by atoms with Crippen molar-refractivity contribution in [3.63, 3.8) is 0 Å². The number of aromatic carboxylic acids is 1. The van der Waals surface area contributed by atoms with Gasteiger partial charge in [-0.3, -0.25) is 4.98 Å². The molecule has 0 unspecified atom stereocenters. The molecule has 88 valence electrons. The fraction of sp³-hybridized carbons (Fsp3) is 0.182. The van der Waals surface area contributed by atoms with Crippen LogP contribution in [0.25, 0.3) is 0 Å². The fourth-order valence-electron chi connectivity index (χ4n) is 1.46. The van der Waals surface area contributed by atoms with Gasteiger partial charge in [-0.25, -0.2) is 9.78 Å². The Morgan fingerprint density at radius 1 is 1.59 bits per heavy atom. The summed E-state index contributed by atoms with van der Waals surface area (Å²) in [7, 11) is 0. The monoisotopic (exact) mass is 249 g/mol. The molecule has 17 heavy (non-hydrogen) atoms. The third-order valence-electron chi connectivity index (χ3n) is 2.29. The summed E-state index contributed by atoms with van der Waals surface area (Å²) >= 11 is 1.51. The summed E-state index contributed by atoms with van der Waals surface area (Å²) in [5.41, 5.74) is 2.65. The summed E-state index contributed by atoms with van der Waals surface area (Å²) < 4.78 is 0. The lowest BCUT2D eigenvalue weighted by Crippen LogP contribution is -2.09. The first kappa shape index (κ1) is 11.5. The molecule has 0 spiro atoms. The van der Waals surface area contributed by atoms with Crippen molar-refractivity contribution in [2.75, 3.05) is 5.32 Å². The number of carboxylic acid groups (broad SMARTS) is 1. The van der Waals surface area contributed by atoms with Crippen molar-refractivity contribution in [3.8, 4) is 0 Å². The molecule has 0 atom stereocenters. The molecule has 5 nitrogen and oxygen atoms in total. The lowest BCUT2D eigenvalue weighted by Gasteiger charge is -2.09. The topological polar surface area (TPSA) is 75.1 Å². The summed E-state index contributed by atoms with van der Waals surface area (Å²) in [6.45, 7) is 2.28. The molecule has 2 rings (SSSR count). The van der Waals surface area contributed by atoms with Crippen LogP contribution in [0.15, 0.2) is 24.0 Å². The molecule has 0 aliphatic heterocycles. The largest absolute Gasteiger partial charge is 0.478 e. The first-order valence-electron chi connectivity index (χ1n) is 4.98. The maximum atomic E-state index is 11.1. The molecule has 6 heteroatoms. The Morgan fingerprint density at radius 3 is 3.06 bits per heavy atom. The van der Waals surface area contributed by atoms with Crippen LogP contribution in [0.3, 0.4) is 0 Å². The Balaban J connectivity index is 2.21. The van der Waals surface area contributed by atoms with Crippen molar-refractivity contribution in [2.45, 2.75) is 13.5 Å². The Hall–Kier alpha value is -1.95. The van der Waals surface area contributed by atoms with Gasteiger partial charge in [0.25, 0.3) is 0 Å². The van der Waals surface area contributed by atoms with E-state index in [1.54, 1.807) is 30.9 Å². The number of hydrogen-bond donors (Lipinski definition) is 2. The van der Waals surface area contributed by atoms with E-state index in [4.69, 9.17) is 5.11 Å². The van der Waals surface area contributed by atoms with Gasteiger partial charge in [0.1, 0.15) is 11.4 Å². The minimum Gasteiger partial charge on any atom is -0.478 e. The predicted octanol–water partition coefficient (Wildman–Crippen LogP) is 2.16. The van der Waals surface area contributed by atoms with Gasteiger partial charge in [0.05, 0.1) is 12.1 Å². The fourth-order valence-corrected chi connectivity index (χ4v) is 2.00. The second-order valence-corrected chi connectivity index (χ2v) is 4.45. The Morgan fingerprint density at radius 2 is 2.41 bits per heavy atom. The number of aryl methyl sites for hydroxylation is 1. The van der Waals surface area contributed by atoms with E-state index in [1.807, 2.05) is 0 Å². The molecular formula is C11H11N3O2S. The second kappa shape index (κ2) is 4.92. The van der Waals surface area contributed by atoms with Crippen LogP contribution in [0.2, 0.25) is 0 Å². The number of thiazole rings is 1. The summed E-state index contributed by atoms with van der Waals surface area (Å²) in [5.74, 6) is -0.576. The third kappa shape index (κ3) is 2.59. The smallest absolute Gasteiger partial charge is 0.339 e. The molecule has 0 aliphatic rings. The number of carbonyl (C=O) groups is 1. The van der Waals surface area contributed by atoms with Gasteiger partial charge in [0.2, 0.25) is 0 Å². The van der Waals surface area contributed by atoms with E-state index in [-0.39, 0.29) is 5.56 Å². The number of nitrogens with one attached hydrogen (secondary N) is 1. The van der Waals surface area contributed by atoms with Crippen molar-refractivity contribution >= 4 is 23.1 Å². The number of rotatable bonds is 4. The van der Waals surface area contributed by atoms with Crippen LogP contribution >= 0.6 is 11.3 Å². The highest BCUT2D eigenvalue weighted by molar-refractivity contribution is 7.09. The first-order valence-corrected chi connectivity index (χ1v) is 5.86. The molecule has 2 aromatic heterocycles. The SMILES string of the molecule is Cc1ccnc(NCc2cncs2)c1C(=O)O. The molecule has 0 saturated carbocycles. The Labute approximate surface area is 102 Å². The number of nitrogens with zero attached hydrogens (tertiary/aromatic N) is 2. The zero-order valence-electron chi connectivity index (χ0n) is 9.17. The van der Waals surface area contributed by atoms with E-state index in [2.05, 4.69) is 15.3 Å². The molecule has 0 saturated heterocycles. The minimum atomic E-state index is -0.970. The van der Waals surface area contributed by atoms with E-state index < -0.39 is 5.97 Å². The maximum absolute atomic E-state index is 11.1. The molecule has 0 aliphatic carbocycles. The summed E-state index contributed by atoms with van der Waals surface area (Å²) in [4.78, 5) is 20.2. The zero-order valence-corrected chi connectivity index (χ0v) is 9.99. The molecular weight excluding hydrogens is 238 g/mol. The lowest BCUT2D eigenvalue weighted by molar-refractivity contribution is 0.0697. The number of anilines is 1. The van der Waals surface area contributed by atoms with Crippen LogP contribution in [-0.2, 0) is 6.54 Å². The van der Waals surface area contributed by atoms with Gasteiger partial charge < -0.3 is 10.4 Å². The van der Waals surface area contributed by atoms with Gasteiger partial charge in [-0.1, -0.05) is 0 Å². The summed E-state index contributed by atoms with van der Waals surface area (Å²) in [6, 6.07) is 1.68. The molecule has 2 N–H and O–H groups in total. The molecule has 0 radical (unpaired) electrons. The van der Waals surface area contributed by atoms with Crippen LogP contribution in [0.5, 0.6) is 0 Å². The molecule has 0 amide bonds. The summed E-state index contributed by atoms with van der Waals surface area (Å²) in [5, 5.41) is 12.1. The van der Waals surface area contributed by atoms with Crippen LogP contribution in [0, 0.1) is 6.92 Å². The van der Waals surface area contributed by atoms with Gasteiger partial charge >= 0.3 is 5.97 Å². The predicted molar refractivity (Wildman–Crippen MR) is 65.4 cm³/mol. The van der Waals surface area contributed by atoms with Crippen LogP contribution in [0.4, 0.5) is 5.82 Å². The number of hydrogen-bond acceptors (Lipinski definition) is 5. The minimum absolute atomic E-state index is 0.219. The van der Waals surface area contributed by atoms with Gasteiger partial charge in [-0.2, -0.15) is 0 Å². The lowest BCUT2D eigenvalue weighted by atomic mass is 10.1. The van der Waals surface area contributed by atoms with Crippen LogP contribution in [0.1, 0.15) is 20.8 Å². The normalized spacial score (nSPS) is 10.2. The van der Waals surface area contributed by atoms with Crippen LogP contribution < -0.4 is 5.32 Å². The first-order chi connectivity index (χ1) is 8.18. The Bertz CT molecular complexity index is 526.